The lowest BCUT2D eigenvalue weighted by Crippen LogP contribution is -2.40. The normalized spacial score (nSPS) is 18.4. The van der Waals surface area contributed by atoms with E-state index in [-0.39, 0.29) is 0 Å². The van der Waals surface area contributed by atoms with Crippen molar-refractivity contribution in [1.82, 2.24) is 9.55 Å². The van der Waals surface area contributed by atoms with E-state index in [1.165, 1.54) is 0 Å². The quantitative estimate of drug-likeness (QED) is 0.664. The lowest BCUT2D eigenvalue weighted by Gasteiger charge is -2.21. The molecule has 2 N–H and O–H groups in total. The Kier molecular flexibility index (Phi) is 5.36. The summed E-state index contributed by atoms with van der Waals surface area (Å²) < 4.78 is 2.08. The Hall–Kier alpha value is -4.20. The number of nitriles is 2. The zero-order valence-electron chi connectivity index (χ0n) is 17.3. The molecule has 4 rings (SSSR count). The zero-order valence-corrected chi connectivity index (χ0v) is 17.3. The Morgan fingerprint density at radius 1 is 1.10 bits per heavy atom. The minimum absolute atomic E-state index is 0.326. The average molecular weight is 407 g/mol. The molecule has 0 amide bonds. The summed E-state index contributed by atoms with van der Waals surface area (Å²) in [5.74, 6) is -0.715. The van der Waals surface area contributed by atoms with E-state index in [0.717, 1.165) is 28.3 Å². The predicted molar refractivity (Wildman–Crippen MR) is 120 cm³/mol. The fraction of sp³-hybridized carbons (Fsp3) is 0.167. The second kappa shape index (κ2) is 8.27. The van der Waals surface area contributed by atoms with Crippen molar-refractivity contribution in [3.63, 3.8) is 0 Å². The van der Waals surface area contributed by atoms with Crippen LogP contribution in [0.15, 0.2) is 71.6 Å². The lowest BCUT2D eigenvalue weighted by molar-refractivity contribution is 0.624. The number of nitrogens with two attached hydrogens (primary N) is 1. The van der Waals surface area contributed by atoms with Gasteiger partial charge in [0, 0.05) is 17.6 Å². The van der Waals surface area contributed by atoms with Crippen LogP contribution in [-0.2, 0) is 0 Å². The molecule has 0 saturated heterocycles. The summed E-state index contributed by atoms with van der Waals surface area (Å²) in [4.78, 5) is 4.20. The fourth-order valence-corrected chi connectivity index (χ4v) is 3.85. The number of rotatable bonds is 4. The van der Waals surface area contributed by atoms with Crippen LogP contribution >= 0.6 is 0 Å². The van der Waals surface area contributed by atoms with Gasteiger partial charge in [-0.3, -0.25) is 4.98 Å². The largest absolute Gasteiger partial charge is 0.316 e. The van der Waals surface area contributed by atoms with Crippen molar-refractivity contribution in [1.29, 1.82) is 10.5 Å². The van der Waals surface area contributed by atoms with Gasteiger partial charge >= 0.3 is 0 Å². The van der Waals surface area contributed by atoms with Gasteiger partial charge in [-0.1, -0.05) is 18.2 Å². The van der Waals surface area contributed by atoms with Crippen molar-refractivity contribution in [2.75, 3.05) is 5.01 Å². The summed E-state index contributed by atoms with van der Waals surface area (Å²) in [6.07, 6.45) is 4.64. The van der Waals surface area contributed by atoms with Gasteiger partial charge in [-0.25, -0.2) is 5.01 Å². The maximum Gasteiger partial charge on any atom is 0.127 e. The summed E-state index contributed by atoms with van der Waals surface area (Å²) in [6, 6.07) is 19.7. The molecule has 0 fully saturated rings. The molecule has 1 aliphatic rings. The van der Waals surface area contributed by atoms with E-state index < -0.39 is 12.1 Å². The van der Waals surface area contributed by atoms with Crippen LogP contribution in [0, 0.1) is 42.4 Å². The Bertz CT molecular complexity index is 1240. The van der Waals surface area contributed by atoms with Gasteiger partial charge in [0.15, 0.2) is 0 Å². The van der Waals surface area contributed by atoms with E-state index in [9.17, 15) is 10.5 Å². The Balaban J connectivity index is 1.77. The molecule has 152 valence electrons. The van der Waals surface area contributed by atoms with E-state index in [2.05, 4.69) is 26.8 Å². The van der Waals surface area contributed by atoms with Gasteiger partial charge in [-0.2, -0.15) is 15.6 Å². The first-order valence-electron chi connectivity index (χ1n) is 9.84. The molecule has 3 aromatic rings. The number of hydrogen-bond donors (Lipinski definition) is 1. The van der Waals surface area contributed by atoms with Crippen LogP contribution in [0.5, 0.6) is 0 Å². The van der Waals surface area contributed by atoms with Gasteiger partial charge in [0.25, 0.3) is 0 Å². The van der Waals surface area contributed by atoms with Gasteiger partial charge in [0.1, 0.15) is 18.2 Å². The van der Waals surface area contributed by atoms with Crippen LogP contribution in [0.2, 0.25) is 0 Å². The molecule has 0 aliphatic carbocycles. The number of aromatic nitrogens is 2. The molecule has 0 spiro atoms. The molecular formula is C24H21N7. The number of allylic oxidation sites excluding steroid dienone is 1. The summed E-state index contributed by atoms with van der Waals surface area (Å²) in [6.45, 7) is 3.99. The SMILES string of the molecule is Cc1cc(/C=C(/C#N)C2=NN(c3ccccc3)[C@H](N)[C@H]2C#N)c(C)n1-c1cccnc1. The van der Waals surface area contributed by atoms with Gasteiger partial charge in [-0.15, -0.1) is 0 Å². The molecule has 0 bridgehead atoms. The molecule has 0 radical (unpaired) electrons. The maximum atomic E-state index is 9.90. The van der Waals surface area contributed by atoms with E-state index >= 15 is 0 Å². The average Bonchev–Trinajstić information content (AvgIpc) is 3.28. The minimum Gasteiger partial charge on any atom is -0.316 e. The van der Waals surface area contributed by atoms with Crippen molar-refractivity contribution in [3.05, 3.63) is 83.4 Å². The molecule has 1 aromatic carbocycles. The molecule has 31 heavy (non-hydrogen) atoms. The number of benzene rings is 1. The van der Waals surface area contributed by atoms with Crippen molar-refractivity contribution in [2.24, 2.45) is 16.8 Å². The van der Waals surface area contributed by atoms with Crippen LogP contribution in [0.25, 0.3) is 11.8 Å². The second-order valence-electron chi connectivity index (χ2n) is 7.31. The summed E-state index contributed by atoms with van der Waals surface area (Å²) >= 11 is 0. The zero-order chi connectivity index (χ0) is 22.0. The highest BCUT2D eigenvalue weighted by molar-refractivity contribution is 6.11. The van der Waals surface area contributed by atoms with Crippen molar-refractivity contribution < 1.29 is 0 Å². The monoisotopic (exact) mass is 407 g/mol. The number of para-hydroxylation sites is 1. The smallest absolute Gasteiger partial charge is 0.127 e. The van der Waals surface area contributed by atoms with E-state index in [4.69, 9.17) is 5.73 Å². The Morgan fingerprint density at radius 3 is 2.48 bits per heavy atom. The van der Waals surface area contributed by atoms with E-state index in [1.807, 2.05) is 62.4 Å². The highest BCUT2D eigenvalue weighted by Crippen LogP contribution is 2.30. The van der Waals surface area contributed by atoms with Gasteiger partial charge in [0.05, 0.1) is 34.9 Å². The van der Waals surface area contributed by atoms with Crippen LogP contribution < -0.4 is 10.7 Å². The van der Waals surface area contributed by atoms with Crippen molar-refractivity contribution >= 4 is 17.5 Å². The van der Waals surface area contributed by atoms with Crippen molar-refractivity contribution in [3.8, 4) is 17.8 Å². The number of pyridine rings is 1. The second-order valence-corrected chi connectivity index (χ2v) is 7.31. The number of aryl methyl sites for hydroxylation is 1. The first kappa shape index (κ1) is 20.1. The molecule has 2 aromatic heterocycles. The molecule has 1 aliphatic heterocycles. The third-order valence-electron chi connectivity index (χ3n) is 5.36. The van der Waals surface area contributed by atoms with Crippen LogP contribution in [0.3, 0.4) is 0 Å². The minimum atomic E-state index is -0.715. The molecule has 7 heteroatoms. The lowest BCUT2D eigenvalue weighted by atomic mass is 9.95. The number of hydrazone groups is 1. The highest BCUT2D eigenvalue weighted by Gasteiger charge is 2.37. The Labute approximate surface area is 181 Å². The van der Waals surface area contributed by atoms with Crippen LogP contribution in [-0.4, -0.2) is 21.4 Å². The summed E-state index contributed by atoms with van der Waals surface area (Å²) in [5.41, 5.74) is 11.6. The molecule has 3 heterocycles. The van der Waals surface area contributed by atoms with Crippen molar-refractivity contribution in [2.45, 2.75) is 20.0 Å². The predicted octanol–water partition coefficient (Wildman–Crippen LogP) is 3.70. The van der Waals surface area contributed by atoms with Crippen LogP contribution in [0.4, 0.5) is 5.69 Å². The topological polar surface area (TPSA) is 107 Å². The Morgan fingerprint density at radius 2 is 1.84 bits per heavy atom. The third-order valence-corrected chi connectivity index (χ3v) is 5.36. The number of nitrogens with zero attached hydrogens (tertiary/aromatic N) is 6. The highest BCUT2D eigenvalue weighted by atomic mass is 15.5. The van der Waals surface area contributed by atoms with Gasteiger partial charge in [0.2, 0.25) is 0 Å². The molecule has 7 nitrogen and oxygen atoms in total. The number of hydrogen-bond acceptors (Lipinski definition) is 6. The standard InChI is InChI=1S/C24H21N7/c1-16-11-18(17(2)30(16)21-9-6-10-28-15-21)12-19(13-25)23-22(14-26)24(27)31(29-23)20-7-4-3-5-8-20/h3-12,15,22,24H,27H2,1-2H3/b19-12-/t22-,24-/m0/s1. The molecule has 0 saturated carbocycles. The third kappa shape index (κ3) is 3.59. The maximum absolute atomic E-state index is 9.90. The first-order chi connectivity index (χ1) is 15.0. The fourth-order valence-electron chi connectivity index (χ4n) is 3.85. The molecule has 2 atom stereocenters. The first-order valence-corrected chi connectivity index (χ1v) is 9.84. The molecular weight excluding hydrogens is 386 g/mol. The van der Waals surface area contributed by atoms with Gasteiger partial charge in [-0.05, 0) is 55.8 Å². The van der Waals surface area contributed by atoms with E-state index in [0.29, 0.717) is 11.3 Å². The summed E-state index contributed by atoms with van der Waals surface area (Å²) in [7, 11) is 0. The van der Waals surface area contributed by atoms with Crippen LogP contribution in [0.1, 0.15) is 17.0 Å². The number of anilines is 1. The molecule has 0 unspecified atom stereocenters. The summed E-state index contributed by atoms with van der Waals surface area (Å²) in [5, 5.41) is 25.8. The van der Waals surface area contributed by atoms with E-state index in [1.54, 1.807) is 23.5 Å². The van der Waals surface area contributed by atoms with Gasteiger partial charge < -0.3 is 10.3 Å².